The molecule has 0 saturated heterocycles. The Morgan fingerprint density at radius 1 is 0.667 bits per heavy atom. The lowest BCUT2D eigenvalue weighted by molar-refractivity contribution is 0.443. The number of sulfonamides is 1. The van der Waals surface area contributed by atoms with Crippen molar-refractivity contribution in [2.75, 3.05) is 0 Å². The van der Waals surface area contributed by atoms with Gasteiger partial charge in [-0.15, -0.1) is 0 Å². The molecular formula is C23H21NO2S. The van der Waals surface area contributed by atoms with E-state index in [0.29, 0.717) is 0 Å². The molecule has 3 aromatic rings. The van der Waals surface area contributed by atoms with Gasteiger partial charge < -0.3 is 0 Å². The van der Waals surface area contributed by atoms with Crippen LogP contribution in [0.15, 0.2) is 91.0 Å². The maximum absolute atomic E-state index is 13.0. The molecule has 0 heterocycles. The number of hydrogen-bond donors (Lipinski definition) is 0. The highest BCUT2D eigenvalue weighted by Crippen LogP contribution is 2.51. The molecule has 0 fully saturated rings. The van der Waals surface area contributed by atoms with Crippen molar-refractivity contribution in [3.63, 3.8) is 0 Å². The molecule has 0 radical (unpaired) electrons. The summed E-state index contributed by atoms with van der Waals surface area (Å²) in [5, 5.41) is 0. The fourth-order valence-corrected chi connectivity index (χ4v) is 4.88. The van der Waals surface area contributed by atoms with Gasteiger partial charge in [0.15, 0.2) is 4.75 Å². The first-order valence-corrected chi connectivity index (χ1v) is 10.1. The Kier molecular flexibility index (Phi) is 4.91. The topological polar surface area (TPSA) is 38.5 Å². The van der Waals surface area contributed by atoms with Crippen molar-refractivity contribution in [2.45, 2.75) is 24.0 Å². The third-order valence-corrected chi connectivity index (χ3v) is 7.12. The van der Waals surface area contributed by atoms with Crippen LogP contribution in [0.1, 0.15) is 30.5 Å². The summed E-state index contributed by atoms with van der Waals surface area (Å²) in [6.07, 6.45) is 0. The van der Waals surface area contributed by atoms with Gasteiger partial charge in [-0.1, -0.05) is 91.0 Å². The molecule has 3 nitrogen and oxygen atoms in total. The summed E-state index contributed by atoms with van der Waals surface area (Å²) >= 11 is 0. The van der Waals surface area contributed by atoms with Crippen molar-refractivity contribution in [2.24, 2.45) is 0 Å². The van der Waals surface area contributed by atoms with E-state index in [1.54, 1.807) is 13.8 Å². The van der Waals surface area contributed by atoms with Crippen LogP contribution in [0.25, 0.3) is 4.25 Å². The first-order chi connectivity index (χ1) is 12.9. The van der Waals surface area contributed by atoms with Crippen LogP contribution in [0.3, 0.4) is 0 Å². The molecular weight excluding hydrogens is 354 g/mol. The van der Waals surface area contributed by atoms with Gasteiger partial charge >= 0.3 is 10.0 Å². The monoisotopic (exact) mass is 375 g/mol. The summed E-state index contributed by atoms with van der Waals surface area (Å²) in [6.45, 7) is 10.7. The van der Waals surface area contributed by atoms with Gasteiger partial charge in [-0.25, -0.2) is 6.57 Å². The zero-order valence-corrected chi connectivity index (χ0v) is 16.1. The van der Waals surface area contributed by atoms with Crippen molar-refractivity contribution < 1.29 is 8.42 Å². The molecule has 3 aromatic carbocycles. The number of nitrogens with zero attached hydrogens (tertiary/aromatic N) is 1. The summed E-state index contributed by atoms with van der Waals surface area (Å²) in [6, 6.07) is 28.7. The zero-order valence-electron chi connectivity index (χ0n) is 15.3. The van der Waals surface area contributed by atoms with Crippen LogP contribution in [0, 0.1) is 6.57 Å². The van der Waals surface area contributed by atoms with Gasteiger partial charge in [-0.05, 0) is 30.5 Å². The minimum absolute atomic E-state index is 0.833. The molecule has 0 saturated carbocycles. The molecule has 0 N–H and O–H groups in total. The van der Waals surface area contributed by atoms with E-state index in [1.807, 2.05) is 91.0 Å². The first kappa shape index (κ1) is 18.9. The van der Waals surface area contributed by atoms with E-state index in [-0.39, 0.29) is 0 Å². The summed E-state index contributed by atoms with van der Waals surface area (Å²) in [5.41, 5.74) is 1.46. The molecule has 136 valence electrons. The largest absolute Gasteiger partial charge is 0.443 e. The Balaban J connectivity index is 2.55. The second kappa shape index (κ2) is 7.02. The first-order valence-electron chi connectivity index (χ1n) is 8.68. The standard InChI is InChI=1S/C23H21NO2S/c1-22(2,27(25,26)24-3)23(19-13-7-4-8-14-19,20-15-9-5-10-16-20)21-17-11-6-12-18-21/h4-18H,1-2H3. The lowest BCUT2D eigenvalue weighted by Crippen LogP contribution is -2.53. The van der Waals surface area contributed by atoms with Gasteiger partial charge in [0.05, 0.1) is 5.41 Å². The van der Waals surface area contributed by atoms with E-state index in [4.69, 9.17) is 6.57 Å². The van der Waals surface area contributed by atoms with Crippen molar-refractivity contribution in [1.29, 1.82) is 0 Å². The minimum Gasteiger partial charge on any atom is -0.206 e. The number of rotatable bonds is 5. The van der Waals surface area contributed by atoms with Crippen molar-refractivity contribution in [3.8, 4) is 0 Å². The average molecular weight is 375 g/mol. The van der Waals surface area contributed by atoms with Gasteiger partial charge in [0.25, 0.3) is 0 Å². The molecule has 3 rings (SSSR count). The van der Waals surface area contributed by atoms with Crippen molar-refractivity contribution in [1.82, 2.24) is 0 Å². The number of benzene rings is 3. The average Bonchev–Trinajstić information content (AvgIpc) is 2.71. The smallest absolute Gasteiger partial charge is 0.206 e. The van der Waals surface area contributed by atoms with Crippen LogP contribution in [-0.4, -0.2) is 13.2 Å². The maximum atomic E-state index is 13.0. The highest BCUT2D eigenvalue weighted by Gasteiger charge is 2.60. The molecule has 0 aliphatic carbocycles. The third kappa shape index (κ3) is 2.85. The molecule has 0 aliphatic rings. The van der Waals surface area contributed by atoms with Gasteiger partial charge in [-0.2, -0.15) is 12.7 Å². The summed E-state index contributed by atoms with van der Waals surface area (Å²) in [7, 11) is -4.11. The molecule has 4 heteroatoms. The Morgan fingerprint density at radius 2 is 0.963 bits per heavy atom. The van der Waals surface area contributed by atoms with E-state index in [0.717, 1.165) is 16.7 Å². The molecule has 0 spiro atoms. The van der Waals surface area contributed by atoms with E-state index in [2.05, 4.69) is 4.25 Å². The van der Waals surface area contributed by atoms with Gasteiger partial charge in [-0.3, -0.25) is 0 Å². The fraction of sp³-hybridized carbons (Fsp3) is 0.174. The van der Waals surface area contributed by atoms with Gasteiger partial charge in [0, 0.05) is 0 Å². The zero-order chi connectivity index (χ0) is 19.5. The van der Waals surface area contributed by atoms with Gasteiger partial charge in [0.1, 0.15) is 0 Å². The molecule has 0 atom stereocenters. The SMILES string of the molecule is [C-]#[N+]S(=O)(=O)C(C)(C)C(c1ccccc1)(c1ccccc1)c1ccccc1. The van der Waals surface area contributed by atoms with E-state index >= 15 is 0 Å². The predicted octanol–water partition coefficient (Wildman–Crippen LogP) is 5.05. The van der Waals surface area contributed by atoms with Crippen LogP contribution in [0.5, 0.6) is 0 Å². The Hall–Kier alpha value is -2.90. The molecule has 27 heavy (non-hydrogen) atoms. The second-order valence-electron chi connectivity index (χ2n) is 6.92. The minimum atomic E-state index is -4.11. The fourth-order valence-electron chi connectivity index (χ4n) is 3.91. The highest BCUT2D eigenvalue weighted by molar-refractivity contribution is 7.94. The van der Waals surface area contributed by atoms with Crippen LogP contribution < -0.4 is 0 Å². The number of hydrogen-bond acceptors (Lipinski definition) is 2. The Morgan fingerprint density at radius 3 is 1.22 bits per heavy atom. The molecule has 0 aromatic heterocycles. The van der Waals surface area contributed by atoms with E-state index in [1.165, 1.54) is 0 Å². The van der Waals surface area contributed by atoms with Crippen LogP contribution in [-0.2, 0) is 15.4 Å². The van der Waals surface area contributed by atoms with Crippen molar-refractivity contribution >= 4 is 10.0 Å². The summed E-state index contributed by atoms with van der Waals surface area (Å²) in [4.78, 5) is 0. The second-order valence-corrected chi connectivity index (χ2v) is 9.08. The quantitative estimate of drug-likeness (QED) is 0.462. The lowest BCUT2D eigenvalue weighted by Gasteiger charge is -2.44. The summed E-state index contributed by atoms with van der Waals surface area (Å²) in [5.74, 6) is 0. The predicted molar refractivity (Wildman–Crippen MR) is 109 cm³/mol. The molecule has 0 bridgehead atoms. The molecule has 0 aliphatic heterocycles. The van der Waals surface area contributed by atoms with Crippen molar-refractivity contribution in [3.05, 3.63) is 119 Å². The maximum Gasteiger partial charge on any atom is 0.443 e. The normalized spacial score (nSPS) is 12.3. The Labute approximate surface area is 161 Å². The molecule has 0 unspecified atom stereocenters. The van der Waals surface area contributed by atoms with Gasteiger partial charge in [0.2, 0.25) is 0 Å². The van der Waals surface area contributed by atoms with Crippen LogP contribution in [0.4, 0.5) is 0 Å². The Bertz CT molecular complexity index is 955. The van der Waals surface area contributed by atoms with E-state index < -0.39 is 20.2 Å². The molecule has 0 amide bonds. The van der Waals surface area contributed by atoms with Crippen LogP contribution >= 0.6 is 0 Å². The lowest BCUT2D eigenvalue weighted by atomic mass is 9.62. The van der Waals surface area contributed by atoms with E-state index in [9.17, 15) is 8.42 Å². The summed E-state index contributed by atoms with van der Waals surface area (Å²) < 4.78 is 27.7. The third-order valence-electron chi connectivity index (χ3n) is 5.29. The highest BCUT2D eigenvalue weighted by atomic mass is 32.2. The van der Waals surface area contributed by atoms with Crippen LogP contribution in [0.2, 0.25) is 0 Å².